The van der Waals surface area contributed by atoms with Crippen LogP contribution >= 0.6 is 0 Å². The van der Waals surface area contributed by atoms with Crippen molar-refractivity contribution in [3.63, 3.8) is 0 Å². The number of carbonyl (C=O) groups excluding carboxylic acids is 1. The van der Waals surface area contributed by atoms with Crippen LogP contribution in [0.25, 0.3) is 0 Å². The van der Waals surface area contributed by atoms with E-state index in [4.69, 9.17) is 5.11 Å². The lowest BCUT2D eigenvalue weighted by Gasteiger charge is -2.46. The van der Waals surface area contributed by atoms with Crippen LogP contribution in [0.3, 0.4) is 0 Å². The summed E-state index contributed by atoms with van der Waals surface area (Å²) in [6, 6.07) is 0. The number of carbonyl (C=O) groups is 2. The summed E-state index contributed by atoms with van der Waals surface area (Å²) in [5.74, 6) is -0.771. The molecule has 1 rings (SSSR count). The first-order valence-electron chi connectivity index (χ1n) is 5.67. The Morgan fingerprint density at radius 3 is 2.19 bits per heavy atom. The molecule has 0 aliphatic heterocycles. The number of carboxylic acids is 1. The molecule has 0 unspecified atom stereocenters. The summed E-state index contributed by atoms with van der Waals surface area (Å²) in [5, 5.41) is 11.7. The largest absolute Gasteiger partial charge is 0.480 e. The fourth-order valence-electron chi connectivity index (χ4n) is 2.60. The first-order valence-corrected chi connectivity index (χ1v) is 5.67. The highest BCUT2D eigenvalue weighted by Gasteiger charge is 2.51. The van der Waals surface area contributed by atoms with Crippen LogP contribution in [0, 0.1) is 11.3 Å². The molecule has 4 heteroatoms. The number of nitrogens with one attached hydrogen (secondary N) is 1. The molecule has 0 saturated heterocycles. The molecule has 0 bridgehead atoms. The van der Waals surface area contributed by atoms with Gasteiger partial charge in [0.25, 0.3) is 0 Å². The molecule has 2 N–H and O–H groups in total. The van der Waals surface area contributed by atoms with E-state index in [0.29, 0.717) is 18.8 Å². The standard InChI is InChI=1S/C12H21NO3/c1-8(14)13-12(10(15)16)6-9(7-12)5-11(2,3)4/h9H,5-7H2,1-4H3,(H,13,14)(H,15,16). The second-order valence-electron chi connectivity index (χ2n) is 6.11. The maximum Gasteiger partial charge on any atom is 0.329 e. The van der Waals surface area contributed by atoms with E-state index in [2.05, 4.69) is 26.1 Å². The van der Waals surface area contributed by atoms with Gasteiger partial charge in [0.05, 0.1) is 0 Å². The lowest BCUT2D eigenvalue weighted by Crippen LogP contribution is -2.62. The molecule has 1 amide bonds. The number of carboxylic acid groups (broad SMARTS) is 1. The molecule has 1 fully saturated rings. The predicted molar refractivity (Wildman–Crippen MR) is 61.0 cm³/mol. The van der Waals surface area contributed by atoms with E-state index in [0.717, 1.165) is 6.42 Å². The molecule has 1 saturated carbocycles. The van der Waals surface area contributed by atoms with Crippen molar-refractivity contribution in [2.45, 2.75) is 52.5 Å². The minimum atomic E-state index is -0.998. The SMILES string of the molecule is CC(=O)NC1(C(=O)O)CC(CC(C)(C)C)C1. The van der Waals surface area contributed by atoms with Gasteiger partial charge in [-0.1, -0.05) is 20.8 Å². The smallest absolute Gasteiger partial charge is 0.329 e. The monoisotopic (exact) mass is 227 g/mol. The minimum absolute atomic E-state index is 0.214. The van der Waals surface area contributed by atoms with Gasteiger partial charge in [-0.2, -0.15) is 0 Å². The molecule has 1 aliphatic carbocycles. The van der Waals surface area contributed by atoms with Gasteiger partial charge < -0.3 is 10.4 Å². The molecule has 0 radical (unpaired) electrons. The van der Waals surface area contributed by atoms with Crippen LogP contribution in [0.1, 0.15) is 47.0 Å². The van der Waals surface area contributed by atoms with E-state index in [1.165, 1.54) is 6.92 Å². The van der Waals surface area contributed by atoms with Gasteiger partial charge in [0.1, 0.15) is 5.54 Å². The second kappa shape index (κ2) is 4.07. The summed E-state index contributed by atoms with van der Waals surface area (Å²) in [5.41, 5.74) is -0.784. The van der Waals surface area contributed by atoms with Crippen LogP contribution in [0.15, 0.2) is 0 Å². The zero-order valence-electron chi connectivity index (χ0n) is 10.5. The lowest BCUT2D eigenvalue weighted by molar-refractivity contribution is -0.154. The van der Waals surface area contributed by atoms with Crippen LogP contribution in [-0.4, -0.2) is 22.5 Å². The maximum absolute atomic E-state index is 11.1. The topological polar surface area (TPSA) is 66.4 Å². The molecule has 0 aromatic rings. The third-order valence-corrected chi connectivity index (χ3v) is 3.00. The molecule has 0 atom stereocenters. The average Bonchev–Trinajstić information content (AvgIpc) is 1.95. The van der Waals surface area contributed by atoms with Crippen molar-refractivity contribution in [2.24, 2.45) is 11.3 Å². The van der Waals surface area contributed by atoms with Gasteiger partial charge in [0.15, 0.2) is 0 Å². The zero-order chi connectivity index (χ0) is 12.6. The molecular formula is C12H21NO3. The van der Waals surface area contributed by atoms with Gasteiger partial charge in [-0.15, -0.1) is 0 Å². The summed E-state index contributed by atoms with van der Waals surface area (Å²) in [6.07, 6.45) is 2.11. The molecular weight excluding hydrogens is 206 g/mol. The Morgan fingerprint density at radius 1 is 1.38 bits per heavy atom. The van der Waals surface area contributed by atoms with Crippen LogP contribution < -0.4 is 5.32 Å². The molecule has 1 aliphatic rings. The Bertz CT molecular complexity index is 298. The van der Waals surface area contributed by atoms with E-state index < -0.39 is 11.5 Å². The first kappa shape index (κ1) is 13.0. The van der Waals surface area contributed by atoms with Crippen LogP contribution in [0.4, 0.5) is 0 Å². The molecule has 0 spiro atoms. The van der Waals surface area contributed by atoms with Crippen molar-refractivity contribution in [3.8, 4) is 0 Å². The van der Waals surface area contributed by atoms with Crippen LogP contribution in [0.5, 0.6) is 0 Å². The summed E-state index contributed by atoms with van der Waals surface area (Å²) in [7, 11) is 0. The average molecular weight is 227 g/mol. The summed E-state index contributed by atoms with van der Waals surface area (Å²) in [4.78, 5) is 22.1. The third kappa shape index (κ3) is 2.97. The van der Waals surface area contributed by atoms with Gasteiger partial charge in [0.2, 0.25) is 5.91 Å². The number of rotatable bonds is 3. The highest BCUT2D eigenvalue weighted by Crippen LogP contribution is 2.44. The van der Waals surface area contributed by atoms with Gasteiger partial charge in [-0.05, 0) is 30.6 Å². The van der Waals surface area contributed by atoms with Crippen LogP contribution in [-0.2, 0) is 9.59 Å². The van der Waals surface area contributed by atoms with Gasteiger partial charge in [0, 0.05) is 6.92 Å². The Labute approximate surface area is 96.4 Å². The maximum atomic E-state index is 11.1. The fourth-order valence-corrected chi connectivity index (χ4v) is 2.60. The van der Waals surface area contributed by atoms with Crippen molar-refractivity contribution in [1.29, 1.82) is 0 Å². The summed E-state index contributed by atoms with van der Waals surface area (Å²) in [6.45, 7) is 7.80. The van der Waals surface area contributed by atoms with Crippen molar-refractivity contribution < 1.29 is 14.7 Å². The number of aliphatic carboxylic acids is 1. The van der Waals surface area contributed by atoms with E-state index in [-0.39, 0.29) is 11.3 Å². The van der Waals surface area contributed by atoms with E-state index in [9.17, 15) is 9.59 Å². The van der Waals surface area contributed by atoms with Gasteiger partial charge in [-0.3, -0.25) is 4.79 Å². The van der Waals surface area contributed by atoms with E-state index in [1.807, 2.05) is 0 Å². The van der Waals surface area contributed by atoms with E-state index in [1.54, 1.807) is 0 Å². The molecule has 92 valence electrons. The highest BCUT2D eigenvalue weighted by molar-refractivity contribution is 5.87. The third-order valence-electron chi connectivity index (χ3n) is 3.00. The Balaban J connectivity index is 2.56. The Kier molecular flexibility index (Phi) is 3.31. The highest BCUT2D eigenvalue weighted by atomic mass is 16.4. The lowest BCUT2D eigenvalue weighted by atomic mass is 9.63. The van der Waals surface area contributed by atoms with Crippen molar-refractivity contribution in [3.05, 3.63) is 0 Å². The molecule has 0 aromatic carbocycles. The van der Waals surface area contributed by atoms with E-state index >= 15 is 0 Å². The second-order valence-corrected chi connectivity index (χ2v) is 6.11. The minimum Gasteiger partial charge on any atom is -0.480 e. The van der Waals surface area contributed by atoms with Crippen molar-refractivity contribution in [2.75, 3.05) is 0 Å². The summed E-state index contributed by atoms with van der Waals surface area (Å²) < 4.78 is 0. The predicted octanol–water partition coefficient (Wildman–Crippen LogP) is 1.79. The molecule has 0 heterocycles. The number of hydrogen-bond donors (Lipinski definition) is 2. The fraction of sp³-hybridized carbons (Fsp3) is 0.833. The quantitative estimate of drug-likeness (QED) is 0.772. The number of hydrogen-bond acceptors (Lipinski definition) is 2. The number of amides is 1. The van der Waals surface area contributed by atoms with Gasteiger partial charge >= 0.3 is 5.97 Å². The Morgan fingerprint density at radius 2 is 1.88 bits per heavy atom. The van der Waals surface area contributed by atoms with Gasteiger partial charge in [-0.25, -0.2) is 4.79 Å². The Hall–Kier alpha value is -1.06. The normalized spacial score (nSPS) is 29.4. The van der Waals surface area contributed by atoms with Crippen molar-refractivity contribution in [1.82, 2.24) is 5.32 Å². The molecule has 16 heavy (non-hydrogen) atoms. The van der Waals surface area contributed by atoms with Crippen molar-refractivity contribution >= 4 is 11.9 Å². The van der Waals surface area contributed by atoms with Crippen LogP contribution in [0.2, 0.25) is 0 Å². The summed E-state index contributed by atoms with van der Waals surface area (Å²) >= 11 is 0. The zero-order valence-corrected chi connectivity index (χ0v) is 10.5. The molecule has 4 nitrogen and oxygen atoms in total. The molecule has 0 aromatic heterocycles. The first-order chi connectivity index (χ1) is 7.15.